The van der Waals surface area contributed by atoms with Crippen molar-refractivity contribution in [1.82, 2.24) is 5.32 Å². The van der Waals surface area contributed by atoms with Crippen molar-refractivity contribution < 1.29 is 19.0 Å². The smallest absolute Gasteiger partial charge is 0.340 e. The van der Waals surface area contributed by atoms with Gasteiger partial charge in [0.05, 0.1) is 19.8 Å². The zero-order chi connectivity index (χ0) is 18.6. The number of halogens is 1. The van der Waals surface area contributed by atoms with Crippen molar-refractivity contribution in [3.8, 4) is 11.5 Å². The number of hydrogen-bond acceptors (Lipinski definition) is 5. The van der Waals surface area contributed by atoms with E-state index >= 15 is 0 Å². The van der Waals surface area contributed by atoms with Gasteiger partial charge in [0, 0.05) is 17.3 Å². The van der Waals surface area contributed by atoms with E-state index in [4.69, 9.17) is 14.2 Å². The number of methoxy groups -OCH3 is 2. The Morgan fingerprint density at radius 2 is 1.65 bits per heavy atom. The molecule has 0 radical (unpaired) electrons. The highest BCUT2D eigenvalue weighted by molar-refractivity contribution is 9.10. The second kappa shape index (κ2) is 8.10. The summed E-state index contributed by atoms with van der Waals surface area (Å²) in [6.45, 7) is 1.60. The van der Waals surface area contributed by atoms with Crippen molar-refractivity contribution in [2.75, 3.05) is 27.3 Å². The third kappa shape index (κ3) is 3.71. The lowest BCUT2D eigenvalue weighted by Crippen LogP contribution is -2.43. The molecule has 2 aromatic carbocycles. The Kier molecular flexibility index (Phi) is 5.84. The van der Waals surface area contributed by atoms with Crippen LogP contribution in [0.5, 0.6) is 11.5 Å². The first kappa shape index (κ1) is 18.7. The van der Waals surface area contributed by atoms with Crippen LogP contribution in [-0.2, 0) is 10.3 Å². The first-order valence-electron chi connectivity index (χ1n) is 8.51. The molecule has 5 nitrogen and oxygen atoms in total. The van der Waals surface area contributed by atoms with Crippen LogP contribution in [0.4, 0.5) is 0 Å². The van der Waals surface area contributed by atoms with Crippen LogP contribution in [0.15, 0.2) is 46.9 Å². The quantitative estimate of drug-likeness (QED) is 0.744. The number of ether oxygens (including phenoxy) is 3. The molecule has 6 heteroatoms. The minimum atomic E-state index is -0.629. The van der Waals surface area contributed by atoms with Gasteiger partial charge in [-0.15, -0.1) is 0 Å². The number of hydrogen-bond donors (Lipinski definition) is 1. The van der Waals surface area contributed by atoms with E-state index in [0.717, 1.165) is 31.5 Å². The first-order valence-corrected chi connectivity index (χ1v) is 9.30. The van der Waals surface area contributed by atoms with Crippen LogP contribution in [0.1, 0.15) is 28.8 Å². The van der Waals surface area contributed by atoms with E-state index in [1.165, 1.54) is 0 Å². The van der Waals surface area contributed by atoms with Gasteiger partial charge in [-0.25, -0.2) is 4.79 Å². The highest BCUT2D eigenvalue weighted by Crippen LogP contribution is 2.38. The summed E-state index contributed by atoms with van der Waals surface area (Å²) in [5.74, 6) is 0.654. The Balaban J connectivity index is 1.94. The summed E-state index contributed by atoms with van der Waals surface area (Å²) < 4.78 is 17.3. The zero-order valence-electron chi connectivity index (χ0n) is 14.9. The maximum Gasteiger partial charge on any atom is 0.340 e. The number of carbonyl (C=O) groups is 1. The van der Waals surface area contributed by atoms with Crippen molar-refractivity contribution in [3.05, 3.63) is 58.1 Å². The molecule has 0 spiro atoms. The summed E-state index contributed by atoms with van der Waals surface area (Å²) in [5, 5.41) is 3.33. The molecule has 26 heavy (non-hydrogen) atoms. The summed E-state index contributed by atoms with van der Waals surface area (Å²) in [6.07, 6.45) is 1.46. The Hall–Kier alpha value is -2.05. The third-order valence-electron chi connectivity index (χ3n) is 4.69. The van der Waals surface area contributed by atoms with Crippen LogP contribution < -0.4 is 14.8 Å². The van der Waals surface area contributed by atoms with Crippen LogP contribution in [0.2, 0.25) is 0 Å². The van der Waals surface area contributed by atoms with E-state index in [9.17, 15) is 4.79 Å². The van der Waals surface area contributed by atoms with Crippen molar-refractivity contribution in [2.24, 2.45) is 0 Å². The van der Waals surface area contributed by atoms with Crippen molar-refractivity contribution in [1.29, 1.82) is 0 Å². The Morgan fingerprint density at radius 1 is 1.04 bits per heavy atom. The number of benzene rings is 2. The molecule has 1 aliphatic heterocycles. The van der Waals surface area contributed by atoms with Crippen molar-refractivity contribution in [2.45, 2.75) is 18.4 Å². The maximum absolute atomic E-state index is 13.0. The monoisotopic (exact) mass is 419 g/mol. The van der Waals surface area contributed by atoms with Gasteiger partial charge in [-0.2, -0.15) is 0 Å². The van der Waals surface area contributed by atoms with E-state index in [1.807, 2.05) is 30.3 Å². The van der Waals surface area contributed by atoms with Crippen molar-refractivity contribution in [3.63, 3.8) is 0 Å². The molecular weight excluding hydrogens is 398 g/mol. The van der Waals surface area contributed by atoms with Gasteiger partial charge < -0.3 is 19.5 Å². The van der Waals surface area contributed by atoms with Gasteiger partial charge in [0.1, 0.15) is 5.60 Å². The summed E-state index contributed by atoms with van der Waals surface area (Å²) in [4.78, 5) is 13.0. The normalized spacial score (nSPS) is 16.0. The molecule has 138 valence electrons. The average Bonchev–Trinajstić information content (AvgIpc) is 2.69. The molecule has 2 aromatic rings. The van der Waals surface area contributed by atoms with E-state index in [1.54, 1.807) is 26.4 Å². The maximum atomic E-state index is 13.0. The van der Waals surface area contributed by atoms with Gasteiger partial charge in [0.25, 0.3) is 0 Å². The number of esters is 1. The summed E-state index contributed by atoms with van der Waals surface area (Å²) in [5.41, 5.74) is 0.805. The topological polar surface area (TPSA) is 56.8 Å². The molecule has 0 saturated carbocycles. The lowest BCUT2D eigenvalue weighted by atomic mass is 9.84. The molecule has 3 rings (SSSR count). The largest absolute Gasteiger partial charge is 0.493 e. The summed E-state index contributed by atoms with van der Waals surface area (Å²) in [7, 11) is 3.10. The fraction of sp³-hybridized carbons (Fsp3) is 0.350. The van der Waals surface area contributed by atoms with Gasteiger partial charge in [0.15, 0.2) is 11.5 Å². The third-order valence-corrected chi connectivity index (χ3v) is 5.35. The molecule has 0 aromatic heterocycles. The van der Waals surface area contributed by atoms with Crippen LogP contribution in [0.3, 0.4) is 0 Å². The number of piperidine rings is 1. The summed E-state index contributed by atoms with van der Waals surface area (Å²) in [6, 6.07) is 13.3. The predicted molar refractivity (Wildman–Crippen MR) is 103 cm³/mol. The van der Waals surface area contributed by atoms with E-state index in [2.05, 4.69) is 21.2 Å². The molecular formula is C20H22BrNO4. The molecule has 1 saturated heterocycles. The average molecular weight is 420 g/mol. The minimum Gasteiger partial charge on any atom is -0.493 e. The molecule has 0 amide bonds. The number of rotatable bonds is 5. The second-order valence-corrected chi connectivity index (χ2v) is 7.04. The molecule has 0 bridgehead atoms. The highest BCUT2D eigenvalue weighted by Gasteiger charge is 2.38. The van der Waals surface area contributed by atoms with Crippen LogP contribution in [0, 0.1) is 0 Å². The lowest BCUT2D eigenvalue weighted by Gasteiger charge is -2.37. The zero-order valence-corrected chi connectivity index (χ0v) is 16.5. The predicted octanol–water partition coefficient (Wildman–Crippen LogP) is 3.90. The molecule has 0 atom stereocenters. The SMILES string of the molecule is COc1cc(Br)c(C(=O)OC2(c3ccccc3)CCNCC2)cc1OC. The number of carbonyl (C=O) groups excluding carboxylic acids is 1. The molecule has 0 unspecified atom stereocenters. The van der Waals surface area contributed by atoms with Crippen LogP contribution in [0.25, 0.3) is 0 Å². The first-order chi connectivity index (χ1) is 12.6. The van der Waals surface area contributed by atoms with Crippen LogP contribution in [-0.4, -0.2) is 33.3 Å². The van der Waals surface area contributed by atoms with Crippen molar-refractivity contribution >= 4 is 21.9 Å². The molecule has 1 heterocycles. The molecule has 0 aliphatic carbocycles. The Morgan fingerprint density at radius 3 is 2.27 bits per heavy atom. The highest BCUT2D eigenvalue weighted by atomic mass is 79.9. The van der Waals surface area contributed by atoms with Gasteiger partial charge in [-0.1, -0.05) is 30.3 Å². The fourth-order valence-electron chi connectivity index (χ4n) is 3.27. The second-order valence-electron chi connectivity index (χ2n) is 6.19. The standard InChI is InChI=1S/C20H22BrNO4/c1-24-17-12-15(16(21)13-18(17)25-2)19(23)26-20(8-10-22-11-9-20)14-6-4-3-5-7-14/h3-7,12-13,22H,8-11H2,1-2H3. The lowest BCUT2D eigenvalue weighted by molar-refractivity contribution is -0.0379. The van der Waals surface area contributed by atoms with Gasteiger partial charge in [-0.05, 0) is 46.7 Å². The van der Waals surface area contributed by atoms with E-state index in [0.29, 0.717) is 21.5 Å². The Bertz CT molecular complexity index is 773. The Labute approximate surface area is 161 Å². The molecule has 1 N–H and O–H groups in total. The van der Waals surface area contributed by atoms with Gasteiger partial charge in [0.2, 0.25) is 0 Å². The number of nitrogens with one attached hydrogen (secondary N) is 1. The van der Waals surface area contributed by atoms with E-state index < -0.39 is 5.60 Å². The molecule has 1 aliphatic rings. The van der Waals surface area contributed by atoms with Gasteiger partial charge >= 0.3 is 5.97 Å². The minimum absolute atomic E-state index is 0.386. The fourth-order valence-corrected chi connectivity index (χ4v) is 3.75. The molecule has 1 fully saturated rings. The van der Waals surface area contributed by atoms with Crippen LogP contribution >= 0.6 is 15.9 Å². The summed E-state index contributed by atoms with van der Waals surface area (Å²) >= 11 is 3.44. The van der Waals surface area contributed by atoms with Gasteiger partial charge in [-0.3, -0.25) is 0 Å². The van der Waals surface area contributed by atoms with E-state index in [-0.39, 0.29) is 5.97 Å².